The average molecular weight is 516 g/mol. The number of aliphatic hydroxyl groups is 1. The maximum Gasteiger partial charge on any atom is 0.226 e. The first kappa shape index (κ1) is 22.8. The number of imidazole rings is 1. The number of rotatable bonds is 3. The van der Waals surface area contributed by atoms with Crippen molar-refractivity contribution in [2.45, 2.75) is 75.3 Å². The van der Waals surface area contributed by atoms with Gasteiger partial charge in [-0.1, -0.05) is 12.8 Å². The van der Waals surface area contributed by atoms with E-state index in [4.69, 9.17) is 25.8 Å². The number of ether oxygens (including phenoxy) is 3. The van der Waals surface area contributed by atoms with Crippen LogP contribution in [0, 0.1) is 5.82 Å². The molecule has 4 atom stereocenters. The van der Waals surface area contributed by atoms with Gasteiger partial charge in [0.1, 0.15) is 24.1 Å². The Bertz CT molecular complexity index is 1360. The Morgan fingerprint density at radius 3 is 2.72 bits per heavy atom. The summed E-state index contributed by atoms with van der Waals surface area (Å²) in [7, 11) is 0. The molecule has 3 fully saturated rings. The third kappa shape index (κ3) is 3.24. The SMILES string of the molecule is CC1(C)OC2[C@@H](O1)[C@@H](CO)O[C@H]2n1cnc2c(N3CC4(CCCC4)c4cc(F)ccc43)nc(Cl)nc21. The van der Waals surface area contributed by atoms with E-state index in [-0.39, 0.29) is 23.1 Å². The van der Waals surface area contributed by atoms with Gasteiger partial charge in [-0.2, -0.15) is 9.97 Å². The zero-order valence-corrected chi connectivity index (χ0v) is 20.8. The summed E-state index contributed by atoms with van der Waals surface area (Å²) in [6.45, 7) is 4.16. The van der Waals surface area contributed by atoms with Gasteiger partial charge in [-0.25, -0.2) is 9.37 Å². The van der Waals surface area contributed by atoms with Gasteiger partial charge in [-0.3, -0.25) is 4.57 Å². The summed E-state index contributed by atoms with van der Waals surface area (Å²) in [5, 5.41) is 9.97. The lowest BCUT2D eigenvalue weighted by Gasteiger charge is -2.25. The summed E-state index contributed by atoms with van der Waals surface area (Å²) in [4.78, 5) is 15.9. The van der Waals surface area contributed by atoms with Crippen LogP contribution in [0.5, 0.6) is 0 Å². The molecular formula is C25H27ClFN5O4. The molecule has 0 radical (unpaired) electrons. The van der Waals surface area contributed by atoms with Crippen molar-refractivity contribution < 1.29 is 23.7 Å². The van der Waals surface area contributed by atoms with Gasteiger partial charge in [0.2, 0.25) is 5.28 Å². The molecule has 1 aromatic carbocycles. The minimum Gasteiger partial charge on any atom is -0.394 e. The molecule has 5 heterocycles. The van der Waals surface area contributed by atoms with Crippen LogP contribution in [0.25, 0.3) is 11.2 Å². The summed E-state index contributed by atoms with van der Waals surface area (Å²) in [5.74, 6) is -0.453. The van der Waals surface area contributed by atoms with Gasteiger partial charge in [-0.05, 0) is 62.1 Å². The fraction of sp³-hybridized carbons (Fsp3) is 0.560. The second kappa shape index (κ2) is 7.82. The van der Waals surface area contributed by atoms with Crippen LogP contribution >= 0.6 is 11.6 Å². The highest BCUT2D eigenvalue weighted by Gasteiger charge is 2.56. The molecule has 190 valence electrons. The second-order valence-corrected chi connectivity index (χ2v) is 11.0. The molecule has 1 saturated carbocycles. The number of aromatic nitrogens is 4. The molecule has 1 aliphatic carbocycles. The van der Waals surface area contributed by atoms with Crippen molar-refractivity contribution in [3.63, 3.8) is 0 Å². The van der Waals surface area contributed by atoms with Gasteiger partial charge in [0, 0.05) is 17.6 Å². The van der Waals surface area contributed by atoms with Crippen LogP contribution in [0.3, 0.4) is 0 Å². The fourth-order valence-electron chi connectivity index (χ4n) is 6.59. The van der Waals surface area contributed by atoms with Crippen LogP contribution in [0.4, 0.5) is 15.9 Å². The number of hydrogen-bond acceptors (Lipinski definition) is 8. The van der Waals surface area contributed by atoms with E-state index >= 15 is 0 Å². The van der Waals surface area contributed by atoms with Gasteiger partial charge in [0.25, 0.3) is 0 Å². The van der Waals surface area contributed by atoms with Gasteiger partial charge in [-0.15, -0.1) is 0 Å². The Morgan fingerprint density at radius 2 is 1.94 bits per heavy atom. The van der Waals surface area contributed by atoms with Crippen molar-refractivity contribution in [3.8, 4) is 0 Å². The van der Waals surface area contributed by atoms with Crippen molar-refractivity contribution in [2.24, 2.45) is 0 Å². The third-order valence-corrected chi connectivity index (χ3v) is 8.22. The molecule has 2 saturated heterocycles. The van der Waals surface area contributed by atoms with E-state index in [9.17, 15) is 9.50 Å². The van der Waals surface area contributed by atoms with E-state index in [1.807, 2.05) is 19.9 Å². The monoisotopic (exact) mass is 515 g/mol. The summed E-state index contributed by atoms with van der Waals surface area (Å²) in [6, 6.07) is 4.97. The predicted octanol–water partition coefficient (Wildman–Crippen LogP) is 3.99. The molecule has 9 nitrogen and oxygen atoms in total. The lowest BCUT2D eigenvalue weighted by Crippen LogP contribution is -2.31. The molecule has 1 unspecified atom stereocenters. The van der Waals surface area contributed by atoms with Crippen molar-refractivity contribution in [3.05, 3.63) is 41.2 Å². The molecule has 4 aliphatic rings. The van der Waals surface area contributed by atoms with Crippen LogP contribution in [0.1, 0.15) is 51.3 Å². The smallest absolute Gasteiger partial charge is 0.226 e. The normalized spacial score (nSPS) is 30.0. The Labute approximate surface area is 212 Å². The quantitative estimate of drug-likeness (QED) is 0.523. The van der Waals surface area contributed by atoms with E-state index in [1.165, 1.54) is 6.07 Å². The Balaban J connectivity index is 1.33. The lowest BCUT2D eigenvalue weighted by atomic mass is 9.81. The molecule has 0 amide bonds. The van der Waals surface area contributed by atoms with Gasteiger partial charge in [0.05, 0.1) is 12.9 Å². The zero-order chi connectivity index (χ0) is 24.8. The molecule has 1 N–H and O–H groups in total. The van der Waals surface area contributed by atoms with Crippen molar-refractivity contribution in [1.29, 1.82) is 0 Å². The predicted molar refractivity (Wildman–Crippen MR) is 129 cm³/mol. The van der Waals surface area contributed by atoms with Crippen molar-refractivity contribution >= 4 is 34.3 Å². The molecule has 11 heteroatoms. The first-order valence-corrected chi connectivity index (χ1v) is 12.8. The molecular weight excluding hydrogens is 489 g/mol. The fourth-order valence-corrected chi connectivity index (χ4v) is 6.75. The topological polar surface area (TPSA) is 94.8 Å². The molecule has 1 spiro atoms. The van der Waals surface area contributed by atoms with E-state index in [2.05, 4.69) is 19.9 Å². The number of halogens is 2. The van der Waals surface area contributed by atoms with Crippen LogP contribution in [-0.2, 0) is 19.6 Å². The number of hydrogen-bond donors (Lipinski definition) is 1. The highest BCUT2D eigenvalue weighted by Crippen LogP contribution is 2.53. The van der Waals surface area contributed by atoms with E-state index in [0.29, 0.717) is 23.5 Å². The summed E-state index contributed by atoms with van der Waals surface area (Å²) in [5.41, 5.74) is 2.90. The summed E-state index contributed by atoms with van der Waals surface area (Å²) < 4.78 is 34.4. The number of fused-ring (bicyclic) bond motifs is 4. The molecule has 3 aromatic rings. The van der Waals surface area contributed by atoms with Crippen molar-refractivity contribution in [2.75, 3.05) is 18.1 Å². The lowest BCUT2D eigenvalue weighted by molar-refractivity contribution is -0.199. The molecule has 2 aromatic heterocycles. The maximum absolute atomic E-state index is 14.3. The molecule has 0 bridgehead atoms. The number of nitrogens with zero attached hydrogens (tertiary/aromatic N) is 5. The summed E-state index contributed by atoms with van der Waals surface area (Å²) in [6.07, 6.45) is 3.85. The van der Waals surface area contributed by atoms with Gasteiger partial charge >= 0.3 is 0 Å². The average Bonchev–Trinajstić information content (AvgIpc) is 3.63. The van der Waals surface area contributed by atoms with Crippen LogP contribution < -0.4 is 4.90 Å². The van der Waals surface area contributed by atoms with Crippen LogP contribution in [0.2, 0.25) is 5.28 Å². The van der Waals surface area contributed by atoms with Gasteiger partial charge < -0.3 is 24.2 Å². The number of anilines is 2. The minimum atomic E-state index is -0.802. The highest BCUT2D eigenvalue weighted by molar-refractivity contribution is 6.28. The number of benzene rings is 1. The van der Waals surface area contributed by atoms with E-state index in [1.54, 1.807) is 17.0 Å². The second-order valence-electron chi connectivity index (χ2n) is 10.7. The molecule has 36 heavy (non-hydrogen) atoms. The molecule has 3 aliphatic heterocycles. The van der Waals surface area contributed by atoms with E-state index < -0.39 is 30.3 Å². The Morgan fingerprint density at radius 1 is 1.17 bits per heavy atom. The Hall–Kier alpha value is -2.37. The molecule has 7 rings (SSSR count). The highest BCUT2D eigenvalue weighted by atomic mass is 35.5. The van der Waals surface area contributed by atoms with Crippen LogP contribution in [-0.4, -0.2) is 61.9 Å². The zero-order valence-electron chi connectivity index (χ0n) is 20.0. The standard InChI is InChI=1S/C25H27ClFN5O4/c1-24(2)35-18-16(10-33)34-22(19(18)36-24)32-12-28-17-20(29-23(26)30-21(17)32)31-11-25(7-3-4-8-25)14-9-13(27)5-6-15(14)31/h5-6,9,12,16,18-19,22,33H,3-4,7-8,10-11H2,1-2H3/t16-,18+,19?,22-/m1/s1. The Kier molecular flexibility index (Phi) is 4.95. The third-order valence-electron chi connectivity index (χ3n) is 8.05. The minimum absolute atomic E-state index is 0.0764. The van der Waals surface area contributed by atoms with Gasteiger partial charge in [0.15, 0.2) is 29.0 Å². The largest absolute Gasteiger partial charge is 0.394 e. The van der Waals surface area contributed by atoms with Crippen LogP contribution in [0.15, 0.2) is 24.5 Å². The first-order valence-electron chi connectivity index (χ1n) is 12.4. The first-order chi connectivity index (χ1) is 17.3. The maximum atomic E-state index is 14.3. The number of aliphatic hydroxyl groups excluding tert-OH is 1. The van der Waals surface area contributed by atoms with E-state index in [0.717, 1.165) is 36.9 Å². The summed E-state index contributed by atoms with van der Waals surface area (Å²) >= 11 is 6.47. The van der Waals surface area contributed by atoms with Crippen molar-refractivity contribution in [1.82, 2.24) is 19.5 Å².